The van der Waals surface area contributed by atoms with Gasteiger partial charge in [-0.1, -0.05) is 12.1 Å². The molecular weight excluding hydrogens is 504 g/mol. The number of aromatic nitrogens is 2. The number of anilines is 1. The molecule has 5 aliphatic rings. The van der Waals surface area contributed by atoms with E-state index in [1.807, 2.05) is 19.4 Å². The third-order valence-corrected chi connectivity index (χ3v) is 10.2. The minimum absolute atomic E-state index is 0.00309. The molecule has 4 heterocycles. The summed E-state index contributed by atoms with van der Waals surface area (Å²) in [5.74, 6) is 1.38. The number of rotatable bonds is 5. The van der Waals surface area contributed by atoms with Crippen LogP contribution in [-0.4, -0.2) is 94.1 Å². The highest BCUT2D eigenvalue weighted by Gasteiger charge is 2.50. The van der Waals surface area contributed by atoms with Gasteiger partial charge in [-0.25, -0.2) is 0 Å². The Morgan fingerprint density at radius 1 is 0.975 bits per heavy atom. The first-order chi connectivity index (χ1) is 19.4. The van der Waals surface area contributed by atoms with E-state index < -0.39 is 0 Å². The third-order valence-electron chi connectivity index (χ3n) is 10.2. The van der Waals surface area contributed by atoms with E-state index in [1.165, 1.54) is 16.8 Å². The van der Waals surface area contributed by atoms with Gasteiger partial charge in [0.1, 0.15) is 6.54 Å². The quantitative estimate of drug-likeness (QED) is 0.578. The van der Waals surface area contributed by atoms with E-state index in [-0.39, 0.29) is 30.3 Å². The van der Waals surface area contributed by atoms with Crippen molar-refractivity contribution < 1.29 is 14.4 Å². The van der Waals surface area contributed by atoms with Gasteiger partial charge in [-0.05, 0) is 75.0 Å². The van der Waals surface area contributed by atoms with Gasteiger partial charge in [0.2, 0.25) is 11.8 Å². The number of piperazine rings is 1. The number of likely N-dealkylation sites (tertiary alicyclic amines) is 2. The summed E-state index contributed by atoms with van der Waals surface area (Å²) in [6, 6.07) is 6.67. The fourth-order valence-corrected chi connectivity index (χ4v) is 7.57. The Hall–Kier alpha value is -3.36. The molecule has 2 aromatic rings. The van der Waals surface area contributed by atoms with Gasteiger partial charge in [-0.3, -0.25) is 19.1 Å². The molecule has 0 radical (unpaired) electrons. The van der Waals surface area contributed by atoms with Gasteiger partial charge in [-0.2, -0.15) is 5.10 Å². The summed E-state index contributed by atoms with van der Waals surface area (Å²) in [5.41, 5.74) is 6.64. The van der Waals surface area contributed by atoms with Crippen LogP contribution in [0.4, 0.5) is 5.69 Å². The number of fused-ring (bicyclic) bond motifs is 3. The normalized spacial score (nSPS) is 24.5. The van der Waals surface area contributed by atoms with Crippen LogP contribution in [0, 0.1) is 19.8 Å². The number of benzene rings is 1. The van der Waals surface area contributed by atoms with Crippen LogP contribution < -0.4 is 4.90 Å². The third kappa shape index (κ3) is 4.38. The van der Waals surface area contributed by atoms with Gasteiger partial charge in [0.15, 0.2) is 5.69 Å². The zero-order valence-electron chi connectivity index (χ0n) is 23.8. The van der Waals surface area contributed by atoms with Gasteiger partial charge in [0.05, 0.1) is 0 Å². The molecule has 3 amide bonds. The first kappa shape index (κ1) is 25.6. The number of hydrogen-bond acceptors (Lipinski definition) is 5. The summed E-state index contributed by atoms with van der Waals surface area (Å²) in [6.07, 6.45) is 5.33. The Labute approximate surface area is 236 Å². The molecule has 3 saturated heterocycles. The van der Waals surface area contributed by atoms with Gasteiger partial charge in [-0.15, -0.1) is 0 Å². The molecule has 9 nitrogen and oxygen atoms in total. The second-order valence-electron chi connectivity index (χ2n) is 12.5. The van der Waals surface area contributed by atoms with E-state index in [0.717, 1.165) is 63.0 Å². The number of carbonyl (C=O) groups excluding carboxylic acids is 3. The van der Waals surface area contributed by atoms with Crippen LogP contribution in [0.25, 0.3) is 0 Å². The molecule has 4 fully saturated rings. The first-order valence-corrected chi connectivity index (χ1v) is 15.2. The maximum atomic E-state index is 13.7. The summed E-state index contributed by atoms with van der Waals surface area (Å²) in [5, 5.41) is 4.81. The standard InChI is InChI=1S/C31H40N6O3/c1-20-5-3-6-25(21(20)2)33-13-15-34(16-14-33)28(39)19-37-26-18-22-17-24(22)29(26)30(32-37)31(40)35-11-8-23(9-12-35)36-10-4-7-27(36)38/h3,5-6,22-24H,4,7-19H2,1-2H3/t22-,24-/m1/s1. The molecule has 0 spiro atoms. The van der Waals surface area contributed by atoms with Crippen molar-refractivity contribution in [3.05, 3.63) is 46.3 Å². The molecule has 2 aliphatic carbocycles. The van der Waals surface area contributed by atoms with Crippen LogP contribution in [0.5, 0.6) is 0 Å². The number of hydrogen-bond donors (Lipinski definition) is 0. The van der Waals surface area contributed by atoms with Gasteiger partial charge < -0.3 is 19.6 Å². The summed E-state index contributed by atoms with van der Waals surface area (Å²) < 4.78 is 1.85. The van der Waals surface area contributed by atoms with E-state index in [9.17, 15) is 14.4 Å². The SMILES string of the molecule is Cc1cccc(N2CCN(C(=O)Cn3nc(C(=O)N4CCC(N5CCCC5=O)CC4)c4c3C[C@H]3C[C@@H]43)CC2)c1C. The summed E-state index contributed by atoms with van der Waals surface area (Å²) in [6.45, 7) is 9.72. The van der Waals surface area contributed by atoms with Crippen LogP contribution >= 0.6 is 0 Å². The van der Waals surface area contributed by atoms with Crippen LogP contribution in [0.2, 0.25) is 0 Å². The average molecular weight is 545 g/mol. The summed E-state index contributed by atoms with van der Waals surface area (Å²) >= 11 is 0. The second-order valence-corrected chi connectivity index (χ2v) is 12.5. The molecule has 40 heavy (non-hydrogen) atoms. The van der Waals surface area contributed by atoms with Crippen LogP contribution in [0.15, 0.2) is 18.2 Å². The molecule has 0 N–H and O–H groups in total. The van der Waals surface area contributed by atoms with E-state index in [0.29, 0.717) is 50.1 Å². The number of aryl methyl sites for hydroxylation is 1. The van der Waals surface area contributed by atoms with E-state index in [1.54, 1.807) is 0 Å². The van der Waals surface area contributed by atoms with Crippen molar-refractivity contribution in [3.63, 3.8) is 0 Å². The van der Waals surface area contributed by atoms with Gasteiger partial charge >= 0.3 is 0 Å². The fourth-order valence-electron chi connectivity index (χ4n) is 7.57. The fraction of sp³-hybridized carbons (Fsp3) is 0.613. The second kappa shape index (κ2) is 9.93. The highest BCUT2D eigenvalue weighted by Crippen LogP contribution is 2.57. The Kier molecular flexibility index (Phi) is 6.35. The number of nitrogens with zero attached hydrogens (tertiary/aromatic N) is 6. The van der Waals surface area contributed by atoms with Crippen molar-refractivity contribution in [2.45, 2.75) is 70.9 Å². The molecular formula is C31H40N6O3. The molecule has 0 unspecified atom stereocenters. The lowest BCUT2D eigenvalue weighted by Gasteiger charge is -2.37. The predicted molar refractivity (Wildman–Crippen MR) is 151 cm³/mol. The molecule has 9 heteroatoms. The Balaban J connectivity index is 1.01. The van der Waals surface area contributed by atoms with E-state index in [4.69, 9.17) is 5.10 Å². The smallest absolute Gasteiger partial charge is 0.274 e. The Morgan fingerprint density at radius 2 is 1.75 bits per heavy atom. The molecule has 2 atom stereocenters. The van der Waals surface area contributed by atoms with Crippen LogP contribution in [0.3, 0.4) is 0 Å². The molecule has 1 aromatic heterocycles. The maximum Gasteiger partial charge on any atom is 0.274 e. The molecule has 212 valence electrons. The lowest BCUT2D eigenvalue weighted by atomic mass is 10.0. The lowest BCUT2D eigenvalue weighted by molar-refractivity contribution is -0.132. The number of amides is 3. The summed E-state index contributed by atoms with van der Waals surface area (Å²) in [4.78, 5) is 47.6. The van der Waals surface area contributed by atoms with Crippen molar-refractivity contribution in [3.8, 4) is 0 Å². The van der Waals surface area contributed by atoms with Crippen molar-refractivity contribution in [2.24, 2.45) is 5.92 Å². The largest absolute Gasteiger partial charge is 0.368 e. The van der Waals surface area contributed by atoms with Gasteiger partial charge in [0, 0.05) is 75.2 Å². The van der Waals surface area contributed by atoms with Crippen molar-refractivity contribution in [1.29, 1.82) is 0 Å². The molecule has 0 bridgehead atoms. The number of carbonyl (C=O) groups is 3. The maximum absolute atomic E-state index is 13.7. The van der Waals surface area contributed by atoms with Crippen LogP contribution in [0.1, 0.15) is 70.9 Å². The molecule has 3 aliphatic heterocycles. The lowest BCUT2D eigenvalue weighted by Crippen LogP contribution is -2.50. The minimum atomic E-state index is 0.00309. The number of piperidine rings is 1. The zero-order valence-corrected chi connectivity index (χ0v) is 23.8. The summed E-state index contributed by atoms with van der Waals surface area (Å²) in [7, 11) is 0. The first-order valence-electron chi connectivity index (χ1n) is 15.2. The Bertz CT molecular complexity index is 1350. The Morgan fingerprint density at radius 3 is 2.48 bits per heavy atom. The monoisotopic (exact) mass is 544 g/mol. The van der Waals surface area contributed by atoms with Crippen molar-refractivity contribution in [2.75, 3.05) is 50.7 Å². The van der Waals surface area contributed by atoms with E-state index in [2.05, 4.69) is 36.9 Å². The highest BCUT2D eigenvalue weighted by molar-refractivity contribution is 5.95. The highest BCUT2D eigenvalue weighted by atomic mass is 16.2. The predicted octanol–water partition coefficient (Wildman–Crippen LogP) is 2.74. The van der Waals surface area contributed by atoms with Crippen LogP contribution in [-0.2, 0) is 22.6 Å². The average Bonchev–Trinajstić information content (AvgIpc) is 3.25. The molecule has 7 rings (SSSR count). The van der Waals surface area contributed by atoms with Crippen molar-refractivity contribution in [1.82, 2.24) is 24.5 Å². The van der Waals surface area contributed by atoms with Crippen molar-refractivity contribution >= 4 is 23.4 Å². The van der Waals surface area contributed by atoms with Gasteiger partial charge in [0.25, 0.3) is 5.91 Å². The molecule has 1 aromatic carbocycles. The van der Waals surface area contributed by atoms with E-state index >= 15 is 0 Å². The zero-order chi connectivity index (χ0) is 27.5. The molecule has 1 saturated carbocycles. The topological polar surface area (TPSA) is 82.0 Å². The minimum Gasteiger partial charge on any atom is -0.368 e.